The lowest BCUT2D eigenvalue weighted by atomic mass is 9.96. The molecule has 0 fully saturated rings. The predicted octanol–water partition coefficient (Wildman–Crippen LogP) is 4.52. The lowest BCUT2D eigenvalue weighted by molar-refractivity contribution is -0.138. The second-order valence-electron chi connectivity index (χ2n) is 9.26. The van der Waals surface area contributed by atoms with Gasteiger partial charge in [0, 0.05) is 11.8 Å². The predicted molar refractivity (Wildman–Crippen MR) is 148 cm³/mol. The van der Waals surface area contributed by atoms with Crippen LogP contribution in [0, 0.1) is 0 Å². The molecule has 4 aromatic rings. The van der Waals surface area contributed by atoms with Gasteiger partial charge in [0.1, 0.15) is 11.6 Å². The first kappa shape index (κ1) is 26.1. The van der Waals surface area contributed by atoms with Gasteiger partial charge in [0.2, 0.25) is 10.0 Å². The summed E-state index contributed by atoms with van der Waals surface area (Å²) in [7, 11) is -4.48. The maximum atomic E-state index is 13.9. The molecule has 3 N–H and O–H groups in total. The number of furan rings is 1. The monoisotopic (exact) mass is 542 g/mol. The minimum Gasteiger partial charge on any atom is -0.480 e. The van der Waals surface area contributed by atoms with Crippen LogP contribution in [0.25, 0.3) is 16.5 Å². The molecule has 1 heterocycles. The number of carboxylic acid groups (broad SMARTS) is 1. The summed E-state index contributed by atoms with van der Waals surface area (Å²) in [6.07, 6.45) is 4.51. The number of aliphatic carboxylic acids is 1. The fourth-order valence-corrected chi connectivity index (χ4v) is 6.04. The summed E-state index contributed by atoms with van der Waals surface area (Å²) in [4.78, 5) is 23.5. The number of rotatable bonds is 9. The van der Waals surface area contributed by atoms with Crippen LogP contribution >= 0.6 is 0 Å². The van der Waals surface area contributed by atoms with Gasteiger partial charge in [-0.3, -0.25) is 9.59 Å². The quantitative estimate of drug-likeness (QED) is 0.286. The van der Waals surface area contributed by atoms with Crippen molar-refractivity contribution in [1.82, 2.24) is 10.0 Å². The normalized spacial score (nSPS) is 17.9. The van der Waals surface area contributed by atoms with Gasteiger partial charge in [-0.15, -0.1) is 0 Å². The fourth-order valence-electron chi connectivity index (χ4n) is 4.50. The lowest BCUT2D eigenvalue weighted by Gasteiger charge is -2.33. The van der Waals surface area contributed by atoms with E-state index in [2.05, 4.69) is 10.0 Å². The van der Waals surface area contributed by atoms with Crippen molar-refractivity contribution in [1.29, 1.82) is 0 Å². The van der Waals surface area contributed by atoms with Crippen LogP contribution in [0.2, 0.25) is 0 Å². The number of carbonyl (C=O) groups is 2. The Morgan fingerprint density at radius 2 is 1.62 bits per heavy atom. The number of hydrogen-bond donors (Lipinski definition) is 3. The number of amides is 1. The second kappa shape index (κ2) is 10.7. The van der Waals surface area contributed by atoms with Gasteiger partial charge in [-0.2, -0.15) is 4.72 Å². The zero-order valence-electron chi connectivity index (χ0n) is 20.8. The van der Waals surface area contributed by atoms with E-state index in [4.69, 9.17) is 4.42 Å². The van der Waals surface area contributed by atoms with Gasteiger partial charge < -0.3 is 14.8 Å². The van der Waals surface area contributed by atoms with Crippen molar-refractivity contribution in [2.24, 2.45) is 0 Å². The maximum absolute atomic E-state index is 13.9. The first-order valence-electron chi connectivity index (χ1n) is 12.3. The van der Waals surface area contributed by atoms with Crippen LogP contribution < -0.4 is 10.0 Å². The SMILES string of the molecule is O=C(NC1(S(=O)(=O)N[C@@H](Cc2ccccc2)C(=O)O)C=CC(c2ccccc2)=CC1)c1cc2ccccc2o1. The molecule has 1 aromatic heterocycles. The zero-order valence-corrected chi connectivity index (χ0v) is 21.6. The topological polar surface area (TPSA) is 126 Å². The minimum absolute atomic E-state index is 0.0592. The number of para-hydroxylation sites is 1. The number of nitrogens with one attached hydrogen (secondary N) is 2. The molecule has 0 saturated carbocycles. The molecule has 1 unspecified atom stereocenters. The highest BCUT2D eigenvalue weighted by Crippen LogP contribution is 2.32. The molecular formula is C30H26N2O6S. The molecule has 9 heteroatoms. The Kier molecular flexibility index (Phi) is 7.19. The van der Waals surface area contributed by atoms with Crippen molar-refractivity contribution in [2.45, 2.75) is 23.8 Å². The van der Waals surface area contributed by atoms with Crippen molar-refractivity contribution < 1.29 is 27.5 Å². The molecule has 8 nitrogen and oxygen atoms in total. The maximum Gasteiger partial charge on any atom is 0.322 e. The number of carbonyl (C=O) groups excluding carboxylic acids is 1. The van der Waals surface area contributed by atoms with Crippen molar-refractivity contribution in [2.75, 3.05) is 0 Å². The van der Waals surface area contributed by atoms with Crippen LogP contribution in [0.1, 0.15) is 28.1 Å². The third kappa shape index (κ3) is 5.55. The summed E-state index contributed by atoms with van der Waals surface area (Å²) >= 11 is 0. The van der Waals surface area contributed by atoms with E-state index in [-0.39, 0.29) is 18.6 Å². The van der Waals surface area contributed by atoms with Gasteiger partial charge in [0.05, 0.1) is 0 Å². The Bertz CT molecular complexity index is 1640. The van der Waals surface area contributed by atoms with E-state index >= 15 is 0 Å². The summed E-state index contributed by atoms with van der Waals surface area (Å²) in [6, 6.07) is 25.3. The molecule has 3 aromatic carbocycles. The smallest absolute Gasteiger partial charge is 0.322 e. The summed E-state index contributed by atoms with van der Waals surface area (Å²) in [5.74, 6) is -2.13. The number of carboxylic acids is 1. The average molecular weight is 543 g/mol. The van der Waals surface area contributed by atoms with Gasteiger partial charge in [0.15, 0.2) is 10.6 Å². The van der Waals surface area contributed by atoms with Gasteiger partial charge >= 0.3 is 5.97 Å². The third-order valence-corrected chi connectivity index (χ3v) is 8.56. The summed E-state index contributed by atoms with van der Waals surface area (Å²) in [5.41, 5.74) is 2.79. The summed E-state index contributed by atoms with van der Waals surface area (Å²) < 4.78 is 35.8. The first-order valence-corrected chi connectivity index (χ1v) is 13.8. The highest BCUT2D eigenvalue weighted by atomic mass is 32.2. The summed E-state index contributed by atoms with van der Waals surface area (Å²) in [5, 5.41) is 13.2. The van der Waals surface area contributed by atoms with Crippen LogP contribution in [-0.2, 0) is 21.2 Å². The van der Waals surface area contributed by atoms with Crippen LogP contribution in [0.4, 0.5) is 0 Å². The molecule has 0 saturated heterocycles. The average Bonchev–Trinajstić information content (AvgIpc) is 3.39. The van der Waals surface area contributed by atoms with Gasteiger partial charge in [-0.05, 0) is 41.3 Å². The number of sulfonamides is 1. The molecule has 0 aliphatic heterocycles. The van der Waals surface area contributed by atoms with E-state index in [0.717, 1.165) is 11.1 Å². The Labute approximate surface area is 225 Å². The zero-order chi connectivity index (χ0) is 27.5. The number of benzene rings is 3. The number of fused-ring (bicyclic) bond motifs is 1. The number of allylic oxidation sites excluding steroid dienone is 2. The Morgan fingerprint density at radius 1 is 0.949 bits per heavy atom. The van der Waals surface area contributed by atoms with Crippen LogP contribution in [0.3, 0.4) is 0 Å². The number of hydrogen-bond acceptors (Lipinski definition) is 5. The van der Waals surface area contributed by atoms with E-state index in [9.17, 15) is 23.1 Å². The van der Waals surface area contributed by atoms with Gasteiger partial charge in [0.25, 0.3) is 5.91 Å². The summed E-state index contributed by atoms with van der Waals surface area (Å²) in [6.45, 7) is 0. The minimum atomic E-state index is -4.48. The van der Waals surface area contributed by atoms with E-state index in [1.807, 2.05) is 30.3 Å². The van der Waals surface area contributed by atoms with E-state index in [1.54, 1.807) is 66.7 Å². The molecule has 0 radical (unpaired) electrons. The van der Waals surface area contributed by atoms with Gasteiger partial charge in [-0.25, -0.2) is 8.42 Å². The Hall–Kier alpha value is -4.47. The fraction of sp³-hybridized carbons (Fsp3) is 0.133. The van der Waals surface area contributed by atoms with E-state index in [0.29, 0.717) is 16.5 Å². The first-order chi connectivity index (χ1) is 18.8. The molecule has 198 valence electrons. The molecule has 2 atom stereocenters. The molecular weight excluding hydrogens is 516 g/mol. The molecule has 5 rings (SSSR count). The van der Waals surface area contributed by atoms with Crippen LogP contribution in [0.15, 0.2) is 114 Å². The van der Waals surface area contributed by atoms with Crippen molar-refractivity contribution >= 4 is 38.4 Å². The van der Waals surface area contributed by atoms with Crippen molar-refractivity contribution in [3.05, 3.63) is 126 Å². The van der Waals surface area contributed by atoms with E-state index < -0.39 is 32.8 Å². The molecule has 0 spiro atoms. The molecule has 1 aliphatic carbocycles. The highest BCUT2D eigenvalue weighted by molar-refractivity contribution is 7.91. The second-order valence-corrected chi connectivity index (χ2v) is 11.2. The molecule has 39 heavy (non-hydrogen) atoms. The largest absolute Gasteiger partial charge is 0.480 e. The molecule has 0 bridgehead atoms. The Morgan fingerprint density at radius 3 is 2.26 bits per heavy atom. The molecule has 1 amide bonds. The van der Waals surface area contributed by atoms with Gasteiger partial charge in [-0.1, -0.05) is 91.0 Å². The third-order valence-electron chi connectivity index (χ3n) is 6.60. The van der Waals surface area contributed by atoms with Crippen molar-refractivity contribution in [3.8, 4) is 0 Å². The molecule has 1 aliphatic rings. The van der Waals surface area contributed by atoms with Crippen LogP contribution in [0.5, 0.6) is 0 Å². The Balaban J connectivity index is 1.48. The standard InChI is InChI=1S/C30H26N2O6S/c33-28(27-20-24-13-7-8-14-26(24)38-27)31-30(17-15-23(16-18-30)22-11-5-2-6-12-22)39(36,37)32-25(29(34)35)19-21-9-3-1-4-10-21/h1-17,20,25,32H,18-19H2,(H,31,33)(H,34,35)/t25-,30?/m0/s1. The highest BCUT2D eigenvalue weighted by Gasteiger charge is 2.46. The lowest BCUT2D eigenvalue weighted by Crippen LogP contribution is -2.60. The van der Waals surface area contributed by atoms with Crippen LogP contribution in [-0.4, -0.2) is 36.3 Å². The van der Waals surface area contributed by atoms with E-state index in [1.165, 1.54) is 12.1 Å². The van der Waals surface area contributed by atoms with Crippen molar-refractivity contribution in [3.63, 3.8) is 0 Å².